The lowest BCUT2D eigenvalue weighted by Gasteiger charge is -2.00. The lowest BCUT2D eigenvalue weighted by atomic mass is 10.4. The van der Waals surface area contributed by atoms with Gasteiger partial charge in [-0.15, -0.1) is 11.3 Å². The number of carbonyl (C=O) groups is 2. The summed E-state index contributed by atoms with van der Waals surface area (Å²) in [4.78, 5) is 22.6. The predicted octanol–water partition coefficient (Wildman–Crippen LogP) is 1.30. The van der Waals surface area contributed by atoms with E-state index < -0.39 is 11.9 Å². The van der Waals surface area contributed by atoms with Crippen molar-refractivity contribution in [3.8, 4) is 0 Å². The molecule has 0 saturated carbocycles. The van der Waals surface area contributed by atoms with Crippen molar-refractivity contribution in [3.63, 3.8) is 0 Å². The van der Waals surface area contributed by atoms with E-state index in [1.54, 1.807) is 0 Å². The molecular weight excluding hydrogens is 270 g/mol. The number of nitrogens with one attached hydrogen (secondary N) is 1. The molecule has 0 spiro atoms. The fourth-order valence-corrected chi connectivity index (χ4v) is 2.20. The lowest BCUT2D eigenvalue weighted by molar-refractivity contribution is -0.152. The molecule has 14 heavy (non-hydrogen) atoms. The van der Waals surface area contributed by atoms with E-state index in [1.165, 1.54) is 18.4 Å². The van der Waals surface area contributed by atoms with Gasteiger partial charge in [0, 0.05) is 4.88 Å². The Labute approximate surface area is 93.4 Å². The molecule has 0 aliphatic heterocycles. The summed E-state index contributed by atoms with van der Waals surface area (Å²) in [6, 6.07) is 3.75. The van der Waals surface area contributed by atoms with Crippen LogP contribution in [0.4, 0.5) is 0 Å². The number of thiophene rings is 1. The molecule has 0 aliphatic rings. The Morgan fingerprint density at radius 2 is 2.29 bits per heavy atom. The Kier molecular flexibility index (Phi) is 4.09. The van der Waals surface area contributed by atoms with E-state index in [4.69, 9.17) is 0 Å². The van der Waals surface area contributed by atoms with E-state index in [-0.39, 0.29) is 0 Å². The molecule has 0 bridgehead atoms. The van der Waals surface area contributed by atoms with Crippen LogP contribution in [0.2, 0.25) is 0 Å². The molecule has 0 aliphatic carbocycles. The third-order valence-corrected chi connectivity index (χ3v) is 3.05. The number of carbonyl (C=O) groups excluding carboxylic acids is 2. The zero-order valence-corrected chi connectivity index (χ0v) is 9.78. The lowest BCUT2D eigenvalue weighted by Crippen LogP contribution is -2.31. The summed E-state index contributed by atoms with van der Waals surface area (Å²) in [7, 11) is 1.17. The maximum absolute atomic E-state index is 11.0. The van der Waals surface area contributed by atoms with Crippen molar-refractivity contribution in [3.05, 3.63) is 20.8 Å². The van der Waals surface area contributed by atoms with Gasteiger partial charge in [0.15, 0.2) is 0 Å². The first-order chi connectivity index (χ1) is 6.63. The minimum absolute atomic E-state index is 0.337. The first kappa shape index (κ1) is 11.2. The Morgan fingerprint density at radius 1 is 1.57 bits per heavy atom. The second-order valence-corrected chi connectivity index (χ2v) is 4.93. The molecule has 1 rings (SSSR count). The molecule has 4 nitrogen and oxygen atoms in total. The molecule has 1 amide bonds. The van der Waals surface area contributed by atoms with Crippen molar-refractivity contribution >= 4 is 39.1 Å². The number of methoxy groups -OCH3 is 1. The van der Waals surface area contributed by atoms with Gasteiger partial charge in [0.2, 0.25) is 0 Å². The molecule has 1 aromatic heterocycles. The SMILES string of the molecule is COC(=O)C(=O)NCc1ccc(Br)s1. The third-order valence-electron chi connectivity index (χ3n) is 1.42. The van der Waals surface area contributed by atoms with Crippen LogP contribution in [0.15, 0.2) is 15.9 Å². The van der Waals surface area contributed by atoms with Gasteiger partial charge >= 0.3 is 11.9 Å². The van der Waals surface area contributed by atoms with E-state index >= 15 is 0 Å². The Morgan fingerprint density at radius 3 is 2.79 bits per heavy atom. The van der Waals surface area contributed by atoms with Gasteiger partial charge in [0.05, 0.1) is 17.4 Å². The molecular formula is C8H8BrNO3S. The van der Waals surface area contributed by atoms with Crippen LogP contribution in [0.1, 0.15) is 4.88 Å². The molecule has 1 N–H and O–H groups in total. The van der Waals surface area contributed by atoms with Crippen LogP contribution >= 0.6 is 27.3 Å². The number of ether oxygens (including phenoxy) is 1. The van der Waals surface area contributed by atoms with Crippen molar-refractivity contribution in [1.29, 1.82) is 0 Å². The second-order valence-electron chi connectivity index (χ2n) is 2.38. The summed E-state index contributed by atoms with van der Waals surface area (Å²) < 4.78 is 5.23. The van der Waals surface area contributed by atoms with Crippen LogP contribution in [-0.2, 0) is 20.9 Å². The van der Waals surface area contributed by atoms with Crippen LogP contribution in [0, 0.1) is 0 Å². The average molecular weight is 278 g/mol. The Balaban J connectivity index is 2.41. The number of hydrogen-bond acceptors (Lipinski definition) is 4. The minimum Gasteiger partial charge on any atom is -0.462 e. The molecule has 1 aromatic rings. The molecule has 76 valence electrons. The van der Waals surface area contributed by atoms with E-state index in [1.807, 2.05) is 12.1 Å². The van der Waals surface area contributed by atoms with Crippen molar-refractivity contribution < 1.29 is 14.3 Å². The first-order valence-corrected chi connectivity index (χ1v) is 5.35. The summed E-state index contributed by atoms with van der Waals surface area (Å²) >= 11 is 4.79. The zero-order chi connectivity index (χ0) is 10.6. The zero-order valence-electron chi connectivity index (χ0n) is 7.37. The summed E-state index contributed by atoms with van der Waals surface area (Å²) in [5.41, 5.74) is 0. The highest BCUT2D eigenvalue weighted by atomic mass is 79.9. The third kappa shape index (κ3) is 3.12. The van der Waals surface area contributed by atoms with Gasteiger partial charge in [-0.3, -0.25) is 4.79 Å². The topological polar surface area (TPSA) is 55.4 Å². The monoisotopic (exact) mass is 277 g/mol. The van der Waals surface area contributed by atoms with Crippen LogP contribution in [0.25, 0.3) is 0 Å². The summed E-state index contributed by atoms with van der Waals surface area (Å²) in [5.74, 6) is -1.60. The van der Waals surface area contributed by atoms with Gasteiger partial charge in [-0.25, -0.2) is 4.79 Å². The quantitative estimate of drug-likeness (QED) is 0.655. The van der Waals surface area contributed by atoms with E-state index in [2.05, 4.69) is 26.0 Å². The Bertz CT molecular complexity index is 350. The van der Waals surface area contributed by atoms with E-state index in [9.17, 15) is 9.59 Å². The molecule has 6 heteroatoms. The van der Waals surface area contributed by atoms with Crippen LogP contribution in [0.3, 0.4) is 0 Å². The van der Waals surface area contributed by atoms with Crippen molar-refractivity contribution in [2.45, 2.75) is 6.54 Å². The molecule has 1 heterocycles. The maximum atomic E-state index is 11.0. The molecule has 0 saturated heterocycles. The van der Waals surface area contributed by atoms with E-state index in [0.29, 0.717) is 6.54 Å². The highest BCUT2D eigenvalue weighted by Crippen LogP contribution is 2.21. The largest absolute Gasteiger partial charge is 0.462 e. The highest BCUT2D eigenvalue weighted by molar-refractivity contribution is 9.11. The minimum atomic E-state index is -0.874. The van der Waals surface area contributed by atoms with E-state index in [0.717, 1.165) is 8.66 Å². The molecule has 0 fully saturated rings. The van der Waals surface area contributed by atoms with Crippen molar-refractivity contribution in [2.24, 2.45) is 0 Å². The summed E-state index contributed by atoms with van der Waals surface area (Å²) in [6.07, 6.45) is 0. The van der Waals surface area contributed by atoms with Crippen LogP contribution in [-0.4, -0.2) is 19.0 Å². The smallest absolute Gasteiger partial charge is 0.396 e. The molecule has 0 aromatic carbocycles. The number of amides is 1. The summed E-state index contributed by atoms with van der Waals surface area (Å²) in [6.45, 7) is 0.337. The van der Waals surface area contributed by atoms with Crippen LogP contribution in [0.5, 0.6) is 0 Å². The van der Waals surface area contributed by atoms with Gasteiger partial charge in [0.25, 0.3) is 0 Å². The molecule has 0 atom stereocenters. The van der Waals surface area contributed by atoms with Gasteiger partial charge in [0.1, 0.15) is 0 Å². The number of esters is 1. The number of rotatable bonds is 2. The maximum Gasteiger partial charge on any atom is 0.396 e. The fourth-order valence-electron chi connectivity index (χ4n) is 0.779. The summed E-state index contributed by atoms with van der Waals surface area (Å²) in [5, 5.41) is 2.44. The first-order valence-electron chi connectivity index (χ1n) is 3.74. The van der Waals surface area contributed by atoms with Crippen molar-refractivity contribution in [1.82, 2.24) is 5.32 Å². The molecule has 0 unspecified atom stereocenters. The normalized spacial score (nSPS) is 9.57. The van der Waals surface area contributed by atoms with Crippen molar-refractivity contribution in [2.75, 3.05) is 7.11 Å². The number of hydrogen-bond donors (Lipinski definition) is 1. The van der Waals surface area contributed by atoms with Crippen LogP contribution < -0.4 is 5.32 Å². The highest BCUT2D eigenvalue weighted by Gasteiger charge is 2.12. The fraction of sp³-hybridized carbons (Fsp3) is 0.250. The van der Waals surface area contributed by atoms with Gasteiger partial charge < -0.3 is 10.1 Å². The Hall–Kier alpha value is -0.880. The van der Waals surface area contributed by atoms with Gasteiger partial charge in [-0.05, 0) is 28.1 Å². The molecule has 0 radical (unpaired) electrons. The van der Waals surface area contributed by atoms with Gasteiger partial charge in [-0.2, -0.15) is 0 Å². The standard InChI is InChI=1S/C8H8BrNO3S/c1-13-8(12)7(11)10-4-5-2-3-6(9)14-5/h2-3H,4H2,1H3,(H,10,11). The average Bonchev–Trinajstić information content (AvgIpc) is 2.59. The van der Waals surface area contributed by atoms with Gasteiger partial charge in [-0.1, -0.05) is 0 Å². The number of halogens is 1. The predicted molar refractivity (Wildman–Crippen MR) is 55.9 cm³/mol. The second kappa shape index (κ2) is 5.11.